The van der Waals surface area contributed by atoms with Gasteiger partial charge in [0.05, 0.1) is 28.6 Å². The van der Waals surface area contributed by atoms with Gasteiger partial charge in [-0.15, -0.1) is 0 Å². The van der Waals surface area contributed by atoms with Crippen LogP contribution in [0.2, 0.25) is 0 Å². The lowest BCUT2D eigenvalue weighted by Gasteiger charge is -2.27. The van der Waals surface area contributed by atoms with E-state index in [-0.39, 0.29) is 5.91 Å². The molecule has 0 radical (unpaired) electrons. The fourth-order valence-corrected chi connectivity index (χ4v) is 3.32. The second-order valence-electron chi connectivity index (χ2n) is 5.16. The first-order valence-corrected chi connectivity index (χ1v) is 7.87. The zero-order valence-corrected chi connectivity index (χ0v) is 13.4. The number of nitrogens with one attached hydrogen (secondary N) is 1. The molecule has 3 aromatic rings. The summed E-state index contributed by atoms with van der Waals surface area (Å²) < 4.78 is 3.10. The van der Waals surface area contributed by atoms with Crippen LogP contribution in [0.5, 0.6) is 0 Å². The van der Waals surface area contributed by atoms with Gasteiger partial charge in [-0.25, -0.2) is 0 Å². The largest absolute Gasteiger partial charge is 0.351 e. The number of nitrogens with zero attached hydrogens (tertiary/aromatic N) is 3. The monoisotopic (exact) mass is 392 g/mol. The SMILES string of the molecule is O=C(c1cc2ccccc2[nH]1)N1CCn2ncc(I)c2C1. The molecule has 1 aromatic carbocycles. The minimum Gasteiger partial charge on any atom is -0.351 e. The van der Waals surface area contributed by atoms with E-state index in [1.54, 1.807) is 0 Å². The van der Waals surface area contributed by atoms with Crippen molar-refractivity contribution in [3.8, 4) is 0 Å². The molecule has 0 unspecified atom stereocenters. The molecule has 0 atom stereocenters. The number of amides is 1. The van der Waals surface area contributed by atoms with Crippen LogP contribution >= 0.6 is 22.6 Å². The van der Waals surface area contributed by atoms with E-state index >= 15 is 0 Å². The number of hydrogen-bond donors (Lipinski definition) is 1. The molecule has 0 bridgehead atoms. The van der Waals surface area contributed by atoms with E-state index < -0.39 is 0 Å². The Morgan fingerprint density at radius 1 is 1.29 bits per heavy atom. The molecule has 106 valence electrons. The fourth-order valence-electron chi connectivity index (χ4n) is 2.75. The van der Waals surface area contributed by atoms with Crippen molar-refractivity contribution in [2.24, 2.45) is 0 Å². The minimum absolute atomic E-state index is 0.0504. The van der Waals surface area contributed by atoms with Gasteiger partial charge in [-0.05, 0) is 34.7 Å². The number of para-hydroxylation sites is 1. The molecule has 1 N–H and O–H groups in total. The highest BCUT2D eigenvalue weighted by Gasteiger charge is 2.24. The molecule has 2 aromatic heterocycles. The number of carbonyl (C=O) groups excluding carboxylic acids is 1. The summed E-state index contributed by atoms with van der Waals surface area (Å²) in [6, 6.07) is 9.87. The number of aromatic amines is 1. The van der Waals surface area contributed by atoms with Crippen molar-refractivity contribution in [3.63, 3.8) is 0 Å². The van der Waals surface area contributed by atoms with E-state index in [0.717, 1.165) is 26.7 Å². The van der Waals surface area contributed by atoms with Crippen LogP contribution in [0.3, 0.4) is 0 Å². The van der Waals surface area contributed by atoms with Crippen LogP contribution in [0.1, 0.15) is 16.2 Å². The number of rotatable bonds is 1. The van der Waals surface area contributed by atoms with Crippen LogP contribution in [0.15, 0.2) is 36.5 Å². The van der Waals surface area contributed by atoms with Crippen molar-refractivity contribution < 1.29 is 4.79 Å². The molecule has 0 saturated heterocycles. The van der Waals surface area contributed by atoms with Gasteiger partial charge in [0.2, 0.25) is 0 Å². The van der Waals surface area contributed by atoms with Gasteiger partial charge in [0, 0.05) is 17.4 Å². The highest BCUT2D eigenvalue weighted by atomic mass is 127. The third-order valence-electron chi connectivity index (χ3n) is 3.87. The van der Waals surface area contributed by atoms with Gasteiger partial charge in [0.25, 0.3) is 5.91 Å². The molecule has 5 nitrogen and oxygen atoms in total. The Morgan fingerprint density at radius 2 is 2.14 bits per heavy atom. The molecule has 0 aliphatic carbocycles. The van der Waals surface area contributed by atoms with Gasteiger partial charge in [0.15, 0.2) is 0 Å². The number of benzene rings is 1. The van der Waals surface area contributed by atoms with Crippen molar-refractivity contribution in [1.29, 1.82) is 0 Å². The summed E-state index contributed by atoms with van der Waals surface area (Å²) in [5.41, 5.74) is 2.77. The number of halogens is 1. The van der Waals surface area contributed by atoms with Gasteiger partial charge in [-0.2, -0.15) is 5.10 Å². The van der Waals surface area contributed by atoms with Crippen molar-refractivity contribution in [2.45, 2.75) is 13.1 Å². The summed E-state index contributed by atoms with van der Waals surface area (Å²) in [6.07, 6.45) is 1.85. The molecular formula is C15H13IN4O. The Hall–Kier alpha value is -1.83. The number of aromatic nitrogens is 3. The van der Waals surface area contributed by atoms with Crippen LogP contribution in [-0.4, -0.2) is 32.1 Å². The summed E-state index contributed by atoms with van der Waals surface area (Å²) in [5.74, 6) is 0.0504. The lowest BCUT2D eigenvalue weighted by Crippen LogP contribution is -2.38. The topological polar surface area (TPSA) is 53.9 Å². The Balaban J connectivity index is 1.65. The number of hydrogen-bond acceptors (Lipinski definition) is 2. The summed E-state index contributed by atoms with van der Waals surface area (Å²) in [5, 5.41) is 5.39. The van der Waals surface area contributed by atoms with Crippen molar-refractivity contribution in [3.05, 3.63) is 51.5 Å². The third-order valence-corrected chi connectivity index (χ3v) is 4.77. The maximum absolute atomic E-state index is 12.7. The first-order chi connectivity index (χ1) is 10.2. The van der Waals surface area contributed by atoms with Gasteiger partial charge in [-0.1, -0.05) is 18.2 Å². The van der Waals surface area contributed by atoms with E-state index in [2.05, 4.69) is 32.7 Å². The molecule has 3 heterocycles. The Kier molecular flexibility index (Phi) is 2.99. The summed E-state index contributed by atoms with van der Waals surface area (Å²) >= 11 is 2.27. The highest BCUT2D eigenvalue weighted by Crippen LogP contribution is 2.21. The average molecular weight is 392 g/mol. The maximum Gasteiger partial charge on any atom is 0.270 e. The second kappa shape index (κ2) is 4.87. The Labute approximate surface area is 135 Å². The van der Waals surface area contributed by atoms with Crippen LogP contribution in [0.25, 0.3) is 10.9 Å². The molecule has 1 aliphatic rings. The molecule has 0 fully saturated rings. The number of fused-ring (bicyclic) bond motifs is 2. The first kappa shape index (κ1) is 12.9. The molecule has 1 aliphatic heterocycles. The Bertz CT molecular complexity index is 802. The predicted molar refractivity (Wildman–Crippen MR) is 88.0 cm³/mol. The van der Waals surface area contributed by atoms with E-state index in [1.165, 1.54) is 0 Å². The van der Waals surface area contributed by atoms with Crippen LogP contribution in [0.4, 0.5) is 0 Å². The van der Waals surface area contributed by atoms with Crippen LogP contribution in [0, 0.1) is 3.57 Å². The molecule has 1 amide bonds. The third kappa shape index (κ3) is 2.14. The van der Waals surface area contributed by atoms with Crippen molar-refractivity contribution >= 4 is 39.4 Å². The van der Waals surface area contributed by atoms with Crippen LogP contribution in [-0.2, 0) is 13.1 Å². The van der Waals surface area contributed by atoms with Gasteiger partial charge < -0.3 is 9.88 Å². The second-order valence-corrected chi connectivity index (χ2v) is 6.32. The van der Waals surface area contributed by atoms with E-state index in [1.807, 2.05) is 46.1 Å². The predicted octanol–water partition coefficient (Wildman–Crippen LogP) is 2.63. The van der Waals surface area contributed by atoms with Gasteiger partial charge in [0.1, 0.15) is 5.69 Å². The maximum atomic E-state index is 12.7. The standard InChI is InChI=1S/C15H13IN4O/c16-11-8-17-20-6-5-19(9-14(11)20)15(21)13-7-10-3-1-2-4-12(10)18-13/h1-4,7-8,18H,5-6,9H2. The molecule has 0 spiro atoms. The molecule has 4 rings (SSSR count). The molecule has 6 heteroatoms. The zero-order chi connectivity index (χ0) is 14.4. The van der Waals surface area contributed by atoms with Crippen molar-refractivity contribution in [1.82, 2.24) is 19.7 Å². The Morgan fingerprint density at radius 3 is 3.00 bits per heavy atom. The summed E-state index contributed by atoms with van der Waals surface area (Å²) in [7, 11) is 0. The van der Waals surface area contributed by atoms with Crippen molar-refractivity contribution in [2.75, 3.05) is 6.54 Å². The zero-order valence-electron chi connectivity index (χ0n) is 11.2. The number of carbonyl (C=O) groups is 1. The molecule has 0 saturated carbocycles. The number of H-pyrrole nitrogens is 1. The first-order valence-electron chi connectivity index (χ1n) is 6.79. The van der Waals surface area contributed by atoms with Gasteiger partial charge in [-0.3, -0.25) is 9.48 Å². The smallest absolute Gasteiger partial charge is 0.270 e. The van der Waals surface area contributed by atoms with E-state index in [4.69, 9.17) is 0 Å². The van der Waals surface area contributed by atoms with E-state index in [9.17, 15) is 4.79 Å². The lowest BCUT2D eigenvalue weighted by atomic mass is 10.2. The molecule has 21 heavy (non-hydrogen) atoms. The highest BCUT2D eigenvalue weighted by molar-refractivity contribution is 14.1. The minimum atomic E-state index is 0.0504. The summed E-state index contributed by atoms with van der Waals surface area (Å²) in [6.45, 7) is 2.07. The summed E-state index contributed by atoms with van der Waals surface area (Å²) in [4.78, 5) is 17.8. The fraction of sp³-hybridized carbons (Fsp3) is 0.200. The molecular weight excluding hydrogens is 379 g/mol. The normalized spacial score (nSPS) is 14.4. The lowest BCUT2D eigenvalue weighted by molar-refractivity contribution is 0.0700. The van der Waals surface area contributed by atoms with E-state index in [0.29, 0.717) is 18.8 Å². The van der Waals surface area contributed by atoms with Crippen LogP contribution < -0.4 is 0 Å². The average Bonchev–Trinajstić information content (AvgIpc) is 3.10. The quantitative estimate of drug-likeness (QED) is 0.648. The van der Waals surface area contributed by atoms with Gasteiger partial charge >= 0.3 is 0 Å².